The lowest BCUT2D eigenvalue weighted by molar-refractivity contribution is 0.588. The van der Waals surface area contributed by atoms with E-state index in [4.69, 9.17) is 11.5 Å². The molecule has 15 heavy (non-hydrogen) atoms. The topological polar surface area (TPSA) is 52.0 Å². The molecule has 4 N–H and O–H groups in total. The van der Waals surface area contributed by atoms with Gasteiger partial charge in [-0.05, 0) is 30.4 Å². The fraction of sp³-hybridized carbons (Fsp3) is 0.538. The molecule has 0 aliphatic rings. The van der Waals surface area contributed by atoms with Crippen molar-refractivity contribution in [3.05, 3.63) is 35.4 Å². The van der Waals surface area contributed by atoms with Crippen LogP contribution < -0.4 is 11.5 Å². The molecule has 0 amide bonds. The largest absolute Gasteiger partial charge is 0.326 e. The molecule has 84 valence electrons. The first-order valence-electron chi connectivity index (χ1n) is 5.67. The van der Waals surface area contributed by atoms with E-state index in [1.54, 1.807) is 0 Å². The summed E-state index contributed by atoms with van der Waals surface area (Å²) in [5.41, 5.74) is 14.2. The summed E-state index contributed by atoms with van der Waals surface area (Å²) in [6, 6.07) is 8.44. The van der Waals surface area contributed by atoms with Crippen molar-refractivity contribution in [2.24, 2.45) is 11.5 Å². The van der Waals surface area contributed by atoms with Crippen LogP contribution in [-0.4, -0.2) is 6.04 Å². The summed E-state index contributed by atoms with van der Waals surface area (Å²) in [5.74, 6) is 0.616. The van der Waals surface area contributed by atoms with E-state index in [2.05, 4.69) is 38.1 Å². The van der Waals surface area contributed by atoms with Crippen LogP contribution in [0, 0.1) is 0 Å². The molecule has 0 aliphatic carbocycles. The van der Waals surface area contributed by atoms with Crippen LogP contribution in [0.1, 0.15) is 50.3 Å². The average molecular weight is 206 g/mol. The van der Waals surface area contributed by atoms with Gasteiger partial charge in [0.1, 0.15) is 0 Å². The molecule has 0 saturated heterocycles. The third-order valence-electron chi connectivity index (χ3n) is 3.07. The highest BCUT2D eigenvalue weighted by Crippen LogP contribution is 2.21. The van der Waals surface area contributed by atoms with Crippen molar-refractivity contribution in [2.45, 2.75) is 45.2 Å². The van der Waals surface area contributed by atoms with Gasteiger partial charge in [0.2, 0.25) is 0 Å². The number of benzene rings is 1. The van der Waals surface area contributed by atoms with Gasteiger partial charge in [-0.2, -0.15) is 0 Å². The minimum absolute atomic E-state index is 0.000511. The van der Waals surface area contributed by atoms with Crippen molar-refractivity contribution in [1.29, 1.82) is 0 Å². The quantitative estimate of drug-likeness (QED) is 0.795. The summed E-state index contributed by atoms with van der Waals surface area (Å²) in [7, 11) is 0. The molecule has 0 aromatic heterocycles. The Balaban J connectivity index is 2.80. The third kappa shape index (κ3) is 3.05. The molecular weight excluding hydrogens is 184 g/mol. The monoisotopic (exact) mass is 206 g/mol. The van der Waals surface area contributed by atoms with Crippen LogP contribution in [0.5, 0.6) is 0 Å². The molecule has 1 aromatic rings. The molecule has 0 bridgehead atoms. The van der Waals surface area contributed by atoms with Crippen LogP contribution in [0.3, 0.4) is 0 Å². The van der Waals surface area contributed by atoms with Crippen molar-refractivity contribution in [3.63, 3.8) is 0 Å². The van der Waals surface area contributed by atoms with Gasteiger partial charge in [-0.1, -0.05) is 38.1 Å². The minimum atomic E-state index is -0.0593. The zero-order chi connectivity index (χ0) is 11.4. The molecule has 3 unspecified atom stereocenters. The molecule has 0 aliphatic heterocycles. The molecule has 1 rings (SSSR count). The van der Waals surface area contributed by atoms with Gasteiger partial charge in [0.05, 0.1) is 0 Å². The summed E-state index contributed by atoms with van der Waals surface area (Å²) in [4.78, 5) is 0. The van der Waals surface area contributed by atoms with E-state index in [9.17, 15) is 0 Å². The molecular formula is C13H22N2. The Labute approximate surface area is 92.7 Å². The van der Waals surface area contributed by atoms with Gasteiger partial charge in [-0.3, -0.25) is 0 Å². The zero-order valence-corrected chi connectivity index (χ0v) is 9.90. The lowest BCUT2D eigenvalue weighted by Gasteiger charge is -2.17. The fourth-order valence-electron chi connectivity index (χ4n) is 1.59. The molecule has 3 atom stereocenters. The predicted octanol–water partition coefficient (Wildman–Crippen LogP) is 2.55. The lowest BCUT2D eigenvalue weighted by Crippen LogP contribution is -2.30. The second-order valence-corrected chi connectivity index (χ2v) is 4.36. The average Bonchev–Trinajstić information content (AvgIpc) is 2.27. The lowest BCUT2D eigenvalue weighted by atomic mass is 9.95. The molecule has 0 saturated carbocycles. The van der Waals surface area contributed by atoms with Gasteiger partial charge in [0.15, 0.2) is 0 Å². The van der Waals surface area contributed by atoms with Crippen LogP contribution in [0.4, 0.5) is 0 Å². The van der Waals surface area contributed by atoms with Crippen LogP contribution in [-0.2, 0) is 0 Å². The zero-order valence-electron chi connectivity index (χ0n) is 9.90. The van der Waals surface area contributed by atoms with E-state index in [0.29, 0.717) is 5.92 Å². The Bertz CT molecular complexity index is 290. The van der Waals surface area contributed by atoms with Gasteiger partial charge >= 0.3 is 0 Å². The highest BCUT2D eigenvalue weighted by Gasteiger charge is 2.11. The van der Waals surface area contributed by atoms with Gasteiger partial charge in [-0.25, -0.2) is 0 Å². The Morgan fingerprint density at radius 2 is 1.47 bits per heavy atom. The Hall–Kier alpha value is -0.860. The molecule has 0 fully saturated rings. The Kier molecular flexibility index (Phi) is 4.30. The van der Waals surface area contributed by atoms with Crippen LogP contribution in [0.2, 0.25) is 0 Å². The second-order valence-electron chi connectivity index (χ2n) is 4.36. The maximum Gasteiger partial charge on any atom is 0.0445 e. The summed E-state index contributed by atoms with van der Waals surface area (Å²) >= 11 is 0. The van der Waals surface area contributed by atoms with Crippen molar-refractivity contribution < 1.29 is 0 Å². The van der Waals surface area contributed by atoms with Crippen molar-refractivity contribution in [1.82, 2.24) is 0 Å². The first kappa shape index (κ1) is 12.2. The van der Waals surface area contributed by atoms with Crippen molar-refractivity contribution in [2.75, 3.05) is 0 Å². The first-order valence-corrected chi connectivity index (χ1v) is 5.67. The van der Waals surface area contributed by atoms with E-state index in [1.165, 1.54) is 12.0 Å². The summed E-state index contributed by atoms with van der Waals surface area (Å²) in [5, 5.41) is 0. The fourth-order valence-corrected chi connectivity index (χ4v) is 1.59. The van der Waals surface area contributed by atoms with Crippen molar-refractivity contribution >= 4 is 0 Å². The smallest absolute Gasteiger partial charge is 0.0445 e. The highest BCUT2D eigenvalue weighted by molar-refractivity contribution is 5.27. The van der Waals surface area contributed by atoms with E-state index >= 15 is 0 Å². The van der Waals surface area contributed by atoms with E-state index in [0.717, 1.165) is 5.56 Å². The molecule has 1 aromatic carbocycles. The van der Waals surface area contributed by atoms with Gasteiger partial charge < -0.3 is 11.5 Å². The van der Waals surface area contributed by atoms with Crippen molar-refractivity contribution in [3.8, 4) is 0 Å². The minimum Gasteiger partial charge on any atom is -0.326 e. The van der Waals surface area contributed by atoms with Gasteiger partial charge in [0.25, 0.3) is 0 Å². The molecule has 2 nitrogen and oxygen atoms in total. The third-order valence-corrected chi connectivity index (χ3v) is 3.07. The maximum absolute atomic E-state index is 5.97. The molecule has 2 heteroatoms. The Morgan fingerprint density at radius 3 is 1.87 bits per heavy atom. The van der Waals surface area contributed by atoms with Crippen LogP contribution in [0.25, 0.3) is 0 Å². The SMILES string of the molecule is CCC(C)c1ccc(C(N)C(C)N)cc1. The number of hydrogen-bond acceptors (Lipinski definition) is 2. The van der Waals surface area contributed by atoms with Gasteiger partial charge in [0, 0.05) is 12.1 Å². The second kappa shape index (κ2) is 5.29. The van der Waals surface area contributed by atoms with E-state index < -0.39 is 0 Å². The molecule has 0 spiro atoms. The van der Waals surface area contributed by atoms with Gasteiger partial charge in [-0.15, -0.1) is 0 Å². The molecule has 0 radical (unpaired) electrons. The van der Waals surface area contributed by atoms with E-state index in [1.807, 2.05) is 6.92 Å². The summed E-state index contributed by atoms with van der Waals surface area (Å²) < 4.78 is 0. The number of rotatable bonds is 4. The van der Waals surface area contributed by atoms with E-state index in [-0.39, 0.29) is 12.1 Å². The highest BCUT2D eigenvalue weighted by atomic mass is 14.8. The predicted molar refractivity (Wildman–Crippen MR) is 65.7 cm³/mol. The normalized spacial score (nSPS) is 17.1. The standard InChI is InChI=1S/C13H22N2/c1-4-9(2)11-5-7-12(8-6-11)13(15)10(3)14/h5-10,13H,4,14-15H2,1-3H3. The summed E-state index contributed by atoms with van der Waals surface area (Å²) in [6.45, 7) is 6.38. The maximum atomic E-state index is 5.97. The molecule has 0 heterocycles. The van der Waals surface area contributed by atoms with Crippen LogP contribution >= 0.6 is 0 Å². The number of nitrogens with two attached hydrogens (primary N) is 2. The number of hydrogen-bond donors (Lipinski definition) is 2. The first-order chi connectivity index (χ1) is 7.06. The summed E-state index contributed by atoms with van der Waals surface area (Å²) in [6.07, 6.45) is 1.17. The Morgan fingerprint density at radius 1 is 1.00 bits per heavy atom. The van der Waals surface area contributed by atoms with Crippen LogP contribution in [0.15, 0.2) is 24.3 Å².